The van der Waals surface area contributed by atoms with Gasteiger partial charge in [0.05, 0.1) is 12.2 Å². The molecule has 102 valence electrons. The van der Waals surface area contributed by atoms with Crippen LogP contribution in [0.4, 0.5) is 0 Å². The summed E-state index contributed by atoms with van der Waals surface area (Å²) in [6.45, 7) is 2.57. The van der Waals surface area contributed by atoms with Crippen LogP contribution in [0, 0.1) is 5.92 Å². The van der Waals surface area contributed by atoms with E-state index in [1.54, 1.807) is 11.3 Å². The van der Waals surface area contributed by atoms with Gasteiger partial charge in [-0.25, -0.2) is 9.59 Å². The maximum Gasteiger partial charge on any atom is 0.347 e. The highest BCUT2D eigenvalue weighted by Crippen LogP contribution is 2.33. The van der Waals surface area contributed by atoms with E-state index in [1.165, 1.54) is 4.88 Å². The Bertz CT molecular complexity index is 520. The van der Waals surface area contributed by atoms with Gasteiger partial charge in [0, 0.05) is 16.7 Å². The van der Waals surface area contributed by atoms with Gasteiger partial charge >= 0.3 is 11.9 Å². The molecule has 3 rings (SSSR count). The molecule has 0 amide bonds. The molecule has 1 aromatic heterocycles. The molecule has 0 radical (unpaired) electrons. The van der Waals surface area contributed by atoms with E-state index in [4.69, 9.17) is 9.47 Å². The minimum atomic E-state index is -0.717. The molecule has 0 bridgehead atoms. The van der Waals surface area contributed by atoms with Crippen LogP contribution in [0.15, 0.2) is 5.38 Å². The molecule has 1 aliphatic carbocycles. The van der Waals surface area contributed by atoms with Crippen LogP contribution in [0.5, 0.6) is 0 Å². The minimum Gasteiger partial charge on any atom is -0.463 e. The molecular weight excluding hydrogens is 264 g/mol. The zero-order valence-corrected chi connectivity index (χ0v) is 11.6. The summed E-state index contributed by atoms with van der Waals surface area (Å²) in [5, 5.41) is 1.87. The first kappa shape index (κ1) is 12.7. The first-order valence-electron chi connectivity index (χ1n) is 6.62. The lowest BCUT2D eigenvalue weighted by atomic mass is 9.88. The quantitative estimate of drug-likeness (QED) is 0.780. The largest absolute Gasteiger partial charge is 0.463 e. The molecule has 2 heterocycles. The Morgan fingerprint density at radius 1 is 1.47 bits per heavy atom. The van der Waals surface area contributed by atoms with Crippen molar-refractivity contribution in [1.82, 2.24) is 0 Å². The summed E-state index contributed by atoms with van der Waals surface area (Å²) in [6, 6.07) is 0. The third kappa shape index (κ3) is 2.39. The van der Waals surface area contributed by atoms with Gasteiger partial charge in [0.25, 0.3) is 0 Å². The number of hydrogen-bond acceptors (Lipinski definition) is 5. The molecule has 0 N–H and O–H groups in total. The van der Waals surface area contributed by atoms with Crippen molar-refractivity contribution in [3.05, 3.63) is 21.4 Å². The SMILES string of the molecule is C[C@H]1CCc2c(C(=O)O[C@@H]3CCOC3=O)csc2C1. The van der Waals surface area contributed by atoms with Gasteiger partial charge in [-0.2, -0.15) is 0 Å². The average molecular weight is 280 g/mol. The van der Waals surface area contributed by atoms with Gasteiger partial charge in [0.1, 0.15) is 0 Å². The summed E-state index contributed by atoms with van der Waals surface area (Å²) in [4.78, 5) is 24.7. The van der Waals surface area contributed by atoms with Crippen molar-refractivity contribution in [2.75, 3.05) is 6.61 Å². The third-order valence-corrected chi connectivity index (χ3v) is 4.81. The lowest BCUT2D eigenvalue weighted by Gasteiger charge is -2.18. The standard InChI is InChI=1S/C14H16O4S/c1-8-2-3-9-10(7-19-12(9)6-8)13(15)18-11-4-5-17-14(11)16/h7-8,11H,2-6H2,1H3/t8-,11+/m0/s1. The van der Waals surface area contributed by atoms with Crippen molar-refractivity contribution in [2.24, 2.45) is 5.92 Å². The highest BCUT2D eigenvalue weighted by Gasteiger charge is 2.32. The number of thiophene rings is 1. The summed E-state index contributed by atoms with van der Waals surface area (Å²) in [5.74, 6) is -0.123. The molecule has 1 aromatic rings. The van der Waals surface area contributed by atoms with Crippen molar-refractivity contribution in [2.45, 2.75) is 38.7 Å². The Labute approximate surface area is 115 Å². The topological polar surface area (TPSA) is 52.6 Å². The van der Waals surface area contributed by atoms with Crippen molar-refractivity contribution < 1.29 is 19.1 Å². The molecule has 0 aromatic carbocycles. The van der Waals surface area contributed by atoms with Crippen molar-refractivity contribution in [3.63, 3.8) is 0 Å². The summed E-state index contributed by atoms with van der Waals surface area (Å²) < 4.78 is 10.1. The minimum absolute atomic E-state index is 0.343. The van der Waals surface area contributed by atoms with E-state index in [0.717, 1.165) is 24.8 Å². The molecule has 19 heavy (non-hydrogen) atoms. The summed E-state index contributed by atoms with van der Waals surface area (Å²) >= 11 is 1.63. The van der Waals surface area contributed by atoms with Crippen LogP contribution in [0.25, 0.3) is 0 Å². The van der Waals surface area contributed by atoms with Gasteiger partial charge in [-0.15, -0.1) is 11.3 Å². The molecular formula is C14H16O4S. The van der Waals surface area contributed by atoms with E-state index >= 15 is 0 Å². The molecule has 2 atom stereocenters. The lowest BCUT2D eigenvalue weighted by molar-refractivity contribution is -0.145. The number of ether oxygens (including phenoxy) is 2. The molecule has 0 unspecified atom stereocenters. The van der Waals surface area contributed by atoms with Gasteiger partial charge in [0.2, 0.25) is 6.10 Å². The normalized spacial score (nSPS) is 25.8. The molecule has 1 fully saturated rings. The highest BCUT2D eigenvalue weighted by atomic mass is 32.1. The van der Waals surface area contributed by atoms with Gasteiger partial charge < -0.3 is 9.47 Å². The number of hydrogen-bond donors (Lipinski definition) is 0. The van der Waals surface area contributed by atoms with Crippen LogP contribution in [0.3, 0.4) is 0 Å². The van der Waals surface area contributed by atoms with Crippen LogP contribution in [0.2, 0.25) is 0 Å². The van der Waals surface area contributed by atoms with Crippen molar-refractivity contribution >= 4 is 23.3 Å². The van der Waals surface area contributed by atoms with E-state index in [-0.39, 0.29) is 5.97 Å². The van der Waals surface area contributed by atoms with Crippen LogP contribution in [-0.2, 0) is 27.1 Å². The van der Waals surface area contributed by atoms with Gasteiger partial charge in [-0.05, 0) is 30.7 Å². The van der Waals surface area contributed by atoms with E-state index in [2.05, 4.69) is 6.92 Å². The molecule has 1 saturated heterocycles. The van der Waals surface area contributed by atoms with Gasteiger partial charge in [-0.3, -0.25) is 0 Å². The van der Waals surface area contributed by atoms with Crippen molar-refractivity contribution in [1.29, 1.82) is 0 Å². The molecule has 0 spiro atoms. The predicted molar refractivity (Wildman–Crippen MR) is 70.3 cm³/mol. The van der Waals surface area contributed by atoms with Gasteiger partial charge in [0.15, 0.2) is 0 Å². The second-order valence-electron chi connectivity index (χ2n) is 5.25. The molecule has 1 aliphatic heterocycles. The fraction of sp³-hybridized carbons (Fsp3) is 0.571. The van der Waals surface area contributed by atoms with Crippen LogP contribution < -0.4 is 0 Å². The highest BCUT2D eigenvalue weighted by molar-refractivity contribution is 7.10. The second kappa shape index (κ2) is 4.96. The predicted octanol–water partition coefficient (Wildman–Crippen LogP) is 2.35. The number of fused-ring (bicyclic) bond motifs is 1. The number of esters is 2. The lowest BCUT2D eigenvalue weighted by Crippen LogP contribution is -2.23. The van der Waals surface area contributed by atoms with Crippen molar-refractivity contribution in [3.8, 4) is 0 Å². The van der Waals surface area contributed by atoms with E-state index in [9.17, 15) is 9.59 Å². The summed E-state index contributed by atoms with van der Waals surface area (Å²) in [7, 11) is 0. The Kier molecular flexibility index (Phi) is 3.31. The molecule has 0 saturated carbocycles. The molecule has 4 nitrogen and oxygen atoms in total. The fourth-order valence-electron chi connectivity index (χ4n) is 2.63. The second-order valence-corrected chi connectivity index (χ2v) is 6.21. The Balaban J connectivity index is 1.75. The smallest absolute Gasteiger partial charge is 0.347 e. The van der Waals surface area contributed by atoms with Crippen LogP contribution >= 0.6 is 11.3 Å². The first-order valence-corrected chi connectivity index (χ1v) is 7.50. The Morgan fingerprint density at radius 3 is 3.05 bits per heavy atom. The van der Waals surface area contributed by atoms with Crippen LogP contribution in [0.1, 0.15) is 40.6 Å². The molecule has 2 aliphatic rings. The molecule has 5 heteroatoms. The first-order chi connectivity index (χ1) is 9.15. The number of cyclic esters (lactones) is 1. The van der Waals surface area contributed by atoms with Gasteiger partial charge in [-0.1, -0.05) is 6.92 Å². The number of rotatable bonds is 2. The summed E-state index contributed by atoms with van der Waals surface area (Å²) in [6.07, 6.45) is 2.83. The van der Waals surface area contributed by atoms with E-state index in [0.29, 0.717) is 24.5 Å². The Hall–Kier alpha value is -1.36. The van der Waals surface area contributed by atoms with E-state index < -0.39 is 12.1 Å². The average Bonchev–Trinajstić information content (AvgIpc) is 2.96. The maximum absolute atomic E-state index is 12.1. The fourth-order valence-corrected chi connectivity index (χ4v) is 3.86. The monoisotopic (exact) mass is 280 g/mol. The number of carbonyl (C=O) groups is 2. The Morgan fingerprint density at radius 2 is 2.32 bits per heavy atom. The number of carbonyl (C=O) groups excluding carboxylic acids is 2. The zero-order valence-electron chi connectivity index (χ0n) is 10.8. The third-order valence-electron chi connectivity index (χ3n) is 3.76. The van der Waals surface area contributed by atoms with E-state index in [1.807, 2.05) is 5.38 Å². The van der Waals surface area contributed by atoms with Crippen LogP contribution in [-0.4, -0.2) is 24.6 Å². The summed E-state index contributed by atoms with van der Waals surface area (Å²) in [5.41, 5.74) is 1.77. The maximum atomic E-state index is 12.1. The zero-order chi connectivity index (χ0) is 13.4.